The van der Waals surface area contributed by atoms with Gasteiger partial charge in [-0.3, -0.25) is 4.90 Å². The predicted octanol–water partition coefficient (Wildman–Crippen LogP) is 1.65. The average Bonchev–Trinajstić information content (AvgIpc) is 3.35. The van der Waals surface area contributed by atoms with Crippen molar-refractivity contribution in [2.45, 2.75) is 25.6 Å². The summed E-state index contributed by atoms with van der Waals surface area (Å²) < 4.78 is 30.2. The first kappa shape index (κ1) is 16.8. The van der Waals surface area contributed by atoms with Gasteiger partial charge in [0.15, 0.2) is 5.82 Å². The van der Waals surface area contributed by atoms with Gasteiger partial charge in [0.05, 0.1) is 23.6 Å². The Morgan fingerprint density at radius 2 is 2.08 bits per heavy atom. The molecule has 0 amide bonds. The normalized spacial score (nSPS) is 17.9. The van der Waals surface area contributed by atoms with Gasteiger partial charge in [0.1, 0.15) is 11.5 Å². The van der Waals surface area contributed by atoms with Crippen molar-refractivity contribution >= 4 is 0 Å². The van der Waals surface area contributed by atoms with Crippen LogP contribution in [0.1, 0.15) is 23.9 Å². The standard InChI is InChI=1S/C17H19F2N7/c18-12-1-2-17(16(19)7-12)25-6-3-13(22-25)9-24-5-4-15(11-24)26-10-14(8-20)21-23-26/h1-3,6-7,10,15H,4-5,8-9,11,20H2. The van der Waals surface area contributed by atoms with Gasteiger partial charge in [-0.15, -0.1) is 5.10 Å². The Morgan fingerprint density at radius 3 is 2.85 bits per heavy atom. The van der Waals surface area contributed by atoms with Crippen LogP contribution in [0.15, 0.2) is 36.7 Å². The van der Waals surface area contributed by atoms with Crippen molar-refractivity contribution in [1.29, 1.82) is 0 Å². The minimum absolute atomic E-state index is 0.230. The Morgan fingerprint density at radius 1 is 1.19 bits per heavy atom. The molecule has 3 heterocycles. The lowest BCUT2D eigenvalue weighted by Crippen LogP contribution is -2.21. The van der Waals surface area contributed by atoms with Crippen LogP contribution in [0.5, 0.6) is 0 Å². The minimum atomic E-state index is -0.636. The highest BCUT2D eigenvalue weighted by Crippen LogP contribution is 2.22. The number of nitrogens with two attached hydrogens (primary N) is 1. The molecule has 9 heteroatoms. The molecule has 0 aliphatic carbocycles. The number of hydrogen-bond acceptors (Lipinski definition) is 5. The second-order valence-corrected chi connectivity index (χ2v) is 6.42. The third-order valence-corrected chi connectivity index (χ3v) is 4.57. The summed E-state index contributed by atoms with van der Waals surface area (Å²) in [5.41, 5.74) is 7.42. The van der Waals surface area contributed by atoms with E-state index in [-0.39, 0.29) is 11.7 Å². The fourth-order valence-electron chi connectivity index (χ4n) is 3.23. The van der Waals surface area contributed by atoms with Crippen LogP contribution in [0, 0.1) is 11.6 Å². The van der Waals surface area contributed by atoms with Crippen LogP contribution in [0.3, 0.4) is 0 Å². The highest BCUT2D eigenvalue weighted by Gasteiger charge is 2.25. The number of rotatable bonds is 5. The summed E-state index contributed by atoms with van der Waals surface area (Å²) in [4.78, 5) is 2.27. The van der Waals surface area contributed by atoms with Gasteiger partial charge < -0.3 is 5.73 Å². The highest BCUT2D eigenvalue weighted by atomic mass is 19.1. The van der Waals surface area contributed by atoms with E-state index in [0.717, 1.165) is 37.0 Å². The zero-order valence-electron chi connectivity index (χ0n) is 14.1. The van der Waals surface area contributed by atoms with Crippen molar-refractivity contribution < 1.29 is 8.78 Å². The van der Waals surface area contributed by atoms with Crippen LogP contribution in [-0.4, -0.2) is 42.8 Å². The van der Waals surface area contributed by atoms with E-state index >= 15 is 0 Å². The molecule has 4 rings (SSSR count). The molecule has 26 heavy (non-hydrogen) atoms. The van der Waals surface area contributed by atoms with Crippen LogP contribution in [0.2, 0.25) is 0 Å². The Hall–Kier alpha value is -2.65. The molecule has 0 spiro atoms. The minimum Gasteiger partial charge on any atom is -0.325 e. The largest absolute Gasteiger partial charge is 0.325 e. The van der Waals surface area contributed by atoms with E-state index in [1.807, 2.05) is 16.9 Å². The van der Waals surface area contributed by atoms with E-state index in [9.17, 15) is 8.78 Å². The monoisotopic (exact) mass is 359 g/mol. The Bertz CT molecular complexity index is 904. The van der Waals surface area contributed by atoms with Crippen LogP contribution < -0.4 is 5.73 Å². The molecule has 1 unspecified atom stereocenters. The zero-order valence-corrected chi connectivity index (χ0v) is 14.1. The first-order chi connectivity index (χ1) is 12.6. The van der Waals surface area contributed by atoms with E-state index in [4.69, 9.17) is 5.73 Å². The first-order valence-corrected chi connectivity index (χ1v) is 8.45. The van der Waals surface area contributed by atoms with Crippen molar-refractivity contribution in [1.82, 2.24) is 29.7 Å². The molecular formula is C17H19F2N7. The predicted molar refractivity (Wildman–Crippen MR) is 90.3 cm³/mol. The molecule has 1 aromatic carbocycles. The Kier molecular flexibility index (Phi) is 4.48. The van der Waals surface area contributed by atoms with Gasteiger partial charge in [0.25, 0.3) is 0 Å². The number of benzene rings is 1. The fraction of sp³-hybridized carbons (Fsp3) is 0.353. The van der Waals surface area contributed by atoms with Gasteiger partial charge >= 0.3 is 0 Å². The van der Waals surface area contributed by atoms with E-state index in [1.165, 1.54) is 16.8 Å². The summed E-state index contributed by atoms with van der Waals surface area (Å²) in [7, 11) is 0. The molecule has 2 aromatic heterocycles. The summed E-state index contributed by atoms with van der Waals surface area (Å²) in [5, 5.41) is 12.6. The quantitative estimate of drug-likeness (QED) is 0.749. The van der Waals surface area contributed by atoms with Crippen LogP contribution >= 0.6 is 0 Å². The van der Waals surface area contributed by atoms with E-state index in [1.54, 1.807) is 6.20 Å². The molecule has 7 nitrogen and oxygen atoms in total. The van der Waals surface area contributed by atoms with Crippen molar-refractivity contribution in [3.8, 4) is 5.69 Å². The van der Waals surface area contributed by atoms with Crippen LogP contribution in [0.4, 0.5) is 8.78 Å². The molecule has 1 atom stereocenters. The fourth-order valence-corrected chi connectivity index (χ4v) is 3.23. The Balaban J connectivity index is 1.41. The molecule has 136 valence electrons. The first-order valence-electron chi connectivity index (χ1n) is 8.45. The van der Waals surface area contributed by atoms with Crippen molar-refractivity contribution in [2.24, 2.45) is 5.73 Å². The summed E-state index contributed by atoms with van der Waals surface area (Å²) in [6.07, 6.45) is 4.55. The lowest BCUT2D eigenvalue weighted by molar-refractivity contribution is 0.306. The second kappa shape index (κ2) is 6.93. The summed E-state index contributed by atoms with van der Waals surface area (Å²) in [6.45, 7) is 2.80. The van der Waals surface area contributed by atoms with E-state index < -0.39 is 11.6 Å². The number of halogens is 2. The topological polar surface area (TPSA) is 77.8 Å². The molecule has 0 radical (unpaired) electrons. The lowest BCUT2D eigenvalue weighted by atomic mass is 10.3. The van der Waals surface area contributed by atoms with Gasteiger partial charge in [-0.2, -0.15) is 5.10 Å². The maximum atomic E-state index is 13.9. The van der Waals surface area contributed by atoms with Crippen molar-refractivity contribution in [3.63, 3.8) is 0 Å². The molecule has 1 aliphatic rings. The van der Waals surface area contributed by atoms with Crippen molar-refractivity contribution in [2.75, 3.05) is 13.1 Å². The van der Waals surface area contributed by atoms with Gasteiger partial charge in [-0.1, -0.05) is 5.21 Å². The molecule has 1 aliphatic heterocycles. The second-order valence-electron chi connectivity index (χ2n) is 6.42. The smallest absolute Gasteiger partial charge is 0.151 e. The summed E-state index contributed by atoms with van der Waals surface area (Å²) in [5.74, 6) is -1.24. The molecular weight excluding hydrogens is 340 g/mol. The summed E-state index contributed by atoms with van der Waals surface area (Å²) >= 11 is 0. The molecule has 1 fully saturated rings. The third kappa shape index (κ3) is 3.35. The highest BCUT2D eigenvalue weighted by molar-refractivity contribution is 5.33. The molecule has 1 saturated heterocycles. The van der Waals surface area contributed by atoms with Gasteiger partial charge in [-0.25, -0.2) is 18.1 Å². The van der Waals surface area contributed by atoms with Crippen molar-refractivity contribution in [3.05, 3.63) is 59.7 Å². The van der Waals surface area contributed by atoms with Gasteiger partial charge in [0, 0.05) is 38.4 Å². The number of nitrogens with zero attached hydrogens (tertiary/aromatic N) is 6. The Labute approximate surface area is 149 Å². The average molecular weight is 359 g/mol. The SMILES string of the molecule is NCc1cn(C2CCN(Cc3ccn(-c4ccc(F)cc4F)n3)C2)nn1. The van der Waals surface area contributed by atoms with E-state index in [0.29, 0.717) is 13.1 Å². The zero-order chi connectivity index (χ0) is 18.1. The van der Waals surface area contributed by atoms with Gasteiger partial charge in [0.2, 0.25) is 0 Å². The maximum Gasteiger partial charge on any atom is 0.151 e. The lowest BCUT2D eigenvalue weighted by Gasteiger charge is -2.14. The summed E-state index contributed by atoms with van der Waals surface area (Å²) in [6, 6.07) is 5.57. The van der Waals surface area contributed by atoms with E-state index in [2.05, 4.69) is 20.3 Å². The van der Waals surface area contributed by atoms with Crippen LogP contribution in [-0.2, 0) is 13.1 Å². The third-order valence-electron chi connectivity index (χ3n) is 4.57. The number of aromatic nitrogens is 5. The number of likely N-dealkylation sites (tertiary alicyclic amines) is 1. The molecule has 0 saturated carbocycles. The molecule has 0 bridgehead atoms. The van der Waals surface area contributed by atoms with Gasteiger partial charge in [-0.05, 0) is 24.6 Å². The maximum absolute atomic E-state index is 13.9. The molecule has 2 N–H and O–H groups in total. The molecule has 3 aromatic rings. The van der Waals surface area contributed by atoms with Crippen LogP contribution in [0.25, 0.3) is 5.69 Å². The number of hydrogen-bond donors (Lipinski definition) is 1.